The number of anilines is 2. The van der Waals surface area contributed by atoms with E-state index in [1.165, 1.54) is 13.4 Å². The number of nitrogen functional groups attached to an aromatic ring is 1. The molecular formula is C16H21N5O3. The lowest BCUT2D eigenvalue weighted by Crippen LogP contribution is -2.40. The second-order valence-corrected chi connectivity index (χ2v) is 6.06. The Morgan fingerprint density at radius 1 is 1.17 bits per heavy atom. The van der Waals surface area contributed by atoms with Gasteiger partial charge in [0.25, 0.3) is 0 Å². The molecule has 1 aromatic carbocycles. The van der Waals surface area contributed by atoms with Crippen LogP contribution in [-0.4, -0.2) is 28.6 Å². The van der Waals surface area contributed by atoms with E-state index in [0.29, 0.717) is 17.1 Å². The van der Waals surface area contributed by atoms with Gasteiger partial charge in [0.1, 0.15) is 17.8 Å². The molecule has 0 spiro atoms. The number of nitrogens with two attached hydrogens (primary N) is 1. The van der Waals surface area contributed by atoms with Gasteiger partial charge in [0.05, 0.1) is 12.7 Å². The lowest BCUT2D eigenvalue weighted by Gasteiger charge is -2.22. The number of ether oxygens (including phenoxy) is 2. The van der Waals surface area contributed by atoms with Crippen LogP contribution in [0.15, 0.2) is 30.6 Å². The molecule has 0 aliphatic rings. The van der Waals surface area contributed by atoms with Crippen LogP contribution < -0.4 is 21.3 Å². The van der Waals surface area contributed by atoms with E-state index in [1.54, 1.807) is 24.3 Å². The fourth-order valence-electron chi connectivity index (χ4n) is 1.70. The average Bonchev–Trinajstić information content (AvgIpc) is 2.55. The van der Waals surface area contributed by atoms with Gasteiger partial charge >= 0.3 is 5.97 Å². The summed E-state index contributed by atoms with van der Waals surface area (Å²) in [6.45, 7) is 5.99. The number of hydrazine groups is 1. The minimum atomic E-state index is -0.414. The van der Waals surface area contributed by atoms with Crippen LogP contribution in [0.4, 0.5) is 11.5 Å². The van der Waals surface area contributed by atoms with Crippen molar-refractivity contribution < 1.29 is 14.3 Å². The molecular weight excluding hydrogens is 310 g/mol. The molecule has 0 unspecified atom stereocenters. The normalized spacial score (nSPS) is 11.0. The van der Waals surface area contributed by atoms with Crippen molar-refractivity contribution >= 4 is 17.5 Å². The molecule has 0 aliphatic heterocycles. The summed E-state index contributed by atoms with van der Waals surface area (Å²) in [5, 5.41) is 0. The second-order valence-electron chi connectivity index (χ2n) is 6.06. The molecule has 128 valence electrons. The van der Waals surface area contributed by atoms with Gasteiger partial charge in [0.15, 0.2) is 5.82 Å². The van der Waals surface area contributed by atoms with Crippen molar-refractivity contribution in [2.24, 2.45) is 0 Å². The molecule has 0 saturated heterocycles. The molecule has 0 saturated carbocycles. The van der Waals surface area contributed by atoms with Gasteiger partial charge in [-0.1, -0.05) is 0 Å². The Labute approximate surface area is 140 Å². The van der Waals surface area contributed by atoms with E-state index in [1.807, 2.05) is 20.8 Å². The fraction of sp³-hybridized carbons (Fsp3) is 0.312. The molecule has 8 heteroatoms. The first-order valence-electron chi connectivity index (χ1n) is 7.30. The highest BCUT2D eigenvalue weighted by atomic mass is 16.5. The molecule has 2 rings (SSSR count). The summed E-state index contributed by atoms with van der Waals surface area (Å²) in [6, 6.07) is 6.46. The first-order valence-corrected chi connectivity index (χ1v) is 7.30. The lowest BCUT2D eigenvalue weighted by molar-refractivity contribution is 0.0600. The van der Waals surface area contributed by atoms with Gasteiger partial charge in [-0.25, -0.2) is 15.2 Å². The Bertz CT molecular complexity index is 711. The third-order valence-corrected chi connectivity index (χ3v) is 2.89. The van der Waals surface area contributed by atoms with Gasteiger partial charge in [-0.2, -0.15) is 4.98 Å². The molecule has 24 heavy (non-hydrogen) atoms. The van der Waals surface area contributed by atoms with E-state index in [2.05, 4.69) is 25.6 Å². The zero-order valence-corrected chi connectivity index (χ0v) is 14.1. The topological polar surface area (TPSA) is 111 Å². The van der Waals surface area contributed by atoms with Gasteiger partial charge in [0.2, 0.25) is 5.88 Å². The number of benzene rings is 1. The molecule has 0 amide bonds. The van der Waals surface area contributed by atoms with Crippen molar-refractivity contribution in [2.45, 2.75) is 26.3 Å². The summed E-state index contributed by atoms with van der Waals surface area (Å²) in [4.78, 5) is 19.5. The Morgan fingerprint density at radius 2 is 1.83 bits per heavy atom. The maximum absolute atomic E-state index is 11.4. The number of methoxy groups -OCH3 is 1. The Kier molecular flexibility index (Phi) is 5.20. The zero-order chi connectivity index (χ0) is 17.7. The van der Waals surface area contributed by atoms with Gasteiger partial charge < -0.3 is 20.6 Å². The summed E-state index contributed by atoms with van der Waals surface area (Å²) in [5.41, 5.74) is 12.6. The van der Waals surface area contributed by atoms with Crippen molar-refractivity contribution in [3.63, 3.8) is 0 Å². The number of hydrogen-bond donors (Lipinski definition) is 3. The van der Waals surface area contributed by atoms with Crippen LogP contribution in [0, 0.1) is 0 Å². The van der Waals surface area contributed by atoms with E-state index in [4.69, 9.17) is 10.5 Å². The zero-order valence-electron chi connectivity index (χ0n) is 14.1. The second kappa shape index (κ2) is 7.14. The molecule has 2 aromatic rings. The highest BCUT2D eigenvalue weighted by Crippen LogP contribution is 2.29. The van der Waals surface area contributed by atoms with E-state index >= 15 is 0 Å². The van der Waals surface area contributed by atoms with Crippen LogP contribution in [0.1, 0.15) is 31.1 Å². The van der Waals surface area contributed by atoms with Crippen LogP contribution in [0.5, 0.6) is 11.6 Å². The van der Waals surface area contributed by atoms with Crippen LogP contribution in [0.25, 0.3) is 0 Å². The molecule has 0 radical (unpaired) electrons. The van der Waals surface area contributed by atoms with Crippen LogP contribution in [-0.2, 0) is 4.74 Å². The lowest BCUT2D eigenvalue weighted by atomic mass is 10.1. The van der Waals surface area contributed by atoms with Crippen molar-refractivity contribution in [3.05, 3.63) is 36.2 Å². The predicted molar refractivity (Wildman–Crippen MR) is 90.8 cm³/mol. The first kappa shape index (κ1) is 17.5. The predicted octanol–water partition coefficient (Wildman–Crippen LogP) is 2.35. The largest absolute Gasteiger partial charge is 0.465 e. The Hall–Kier alpha value is -2.87. The molecule has 1 aromatic heterocycles. The number of carbonyl (C=O) groups excluding carboxylic acids is 1. The van der Waals surface area contributed by atoms with E-state index in [-0.39, 0.29) is 17.1 Å². The summed E-state index contributed by atoms with van der Waals surface area (Å²) in [6.07, 6.45) is 1.35. The monoisotopic (exact) mass is 331 g/mol. The third-order valence-electron chi connectivity index (χ3n) is 2.89. The van der Waals surface area contributed by atoms with E-state index in [9.17, 15) is 4.79 Å². The molecule has 0 aliphatic carbocycles. The first-order chi connectivity index (χ1) is 11.3. The molecule has 8 nitrogen and oxygen atoms in total. The Balaban J connectivity index is 2.13. The van der Waals surface area contributed by atoms with Crippen molar-refractivity contribution in [1.29, 1.82) is 0 Å². The molecule has 4 N–H and O–H groups in total. The quantitative estimate of drug-likeness (QED) is 0.565. The van der Waals surface area contributed by atoms with Crippen molar-refractivity contribution in [1.82, 2.24) is 15.4 Å². The van der Waals surface area contributed by atoms with Gasteiger partial charge in [-0.15, -0.1) is 0 Å². The number of nitrogens with one attached hydrogen (secondary N) is 2. The standard InChI is InChI=1S/C16H21N5O3/c1-16(2,3)21-20-13-12(17)14(19-9-18-13)24-11-7-5-10(6-8-11)15(22)23-4/h5-9,21H,17H2,1-4H3,(H,18,19,20). The number of nitrogens with zero attached hydrogens (tertiary/aromatic N) is 2. The van der Waals surface area contributed by atoms with Crippen LogP contribution in [0.3, 0.4) is 0 Å². The number of hydrogen-bond acceptors (Lipinski definition) is 8. The van der Waals surface area contributed by atoms with Crippen molar-refractivity contribution in [2.75, 3.05) is 18.3 Å². The van der Waals surface area contributed by atoms with Crippen molar-refractivity contribution in [3.8, 4) is 11.6 Å². The molecule has 1 heterocycles. The Morgan fingerprint density at radius 3 is 2.42 bits per heavy atom. The summed E-state index contributed by atoms with van der Waals surface area (Å²) < 4.78 is 10.3. The van der Waals surface area contributed by atoms with Gasteiger partial charge in [-0.05, 0) is 45.0 Å². The summed E-state index contributed by atoms with van der Waals surface area (Å²) >= 11 is 0. The van der Waals surface area contributed by atoms with Gasteiger partial charge in [-0.3, -0.25) is 0 Å². The molecule has 0 atom stereocenters. The maximum atomic E-state index is 11.4. The van der Waals surface area contributed by atoms with Crippen LogP contribution in [0.2, 0.25) is 0 Å². The number of carbonyl (C=O) groups is 1. The maximum Gasteiger partial charge on any atom is 0.337 e. The van der Waals surface area contributed by atoms with E-state index < -0.39 is 5.97 Å². The number of aromatic nitrogens is 2. The van der Waals surface area contributed by atoms with Crippen LogP contribution >= 0.6 is 0 Å². The minimum Gasteiger partial charge on any atom is -0.465 e. The summed E-state index contributed by atoms with van der Waals surface area (Å²) in [7, 11) is 1.33. The SMILES string of the molecule is COC(=O)c1ccc(Oc2ncnc(NNC(C)(C)C)c2N)cc1. The van der Waals surface area contributed by atoms with E-state index in [0.717, 1.165) is 0 Å². The third kappa shape index (κ3) is 4.56. The highest BCUT2D eigenvalue weighted by molar-refractivity contribution is 5.89. The fourth-order valence-corrected chi connectivity index (χ4v) is 1.70. The molecule has 0 fully saturated rings. The number of rotatable bonds is 5. The number of esters is 1. The highest BCUT2D eigenvalue weighted by Gasteiger charge is 2.14. The average molecular weight is 331 g/mol. The summed E-state index contributed by atoms with van der Waals surface area (Å²) in [5.74, 6) is 0.709. The minimum absolute atomic E-state index is 0.165. The smallest absolute Gasteiger partial charge is 0.337 e. The van der Waals surface area contributed by atoms with Gasteiger partial charge in [0, 0.05) is 5.54 Å². The molecule has 0 bridgehead atoms.